The van der Waals surface area contributed by atoms with Crippen LogP contribution in [0.15, 0.2) is 4.99 Å². The fourth-order valence-electron chi connectivity index (χ4n) is 4.34. The van der Waals surface area contributed by atoms with Gasteiger partial charge in [-0.1, -0.05) is 19.3 Å². The summed E-state index contributed by atoms with van der Waals surface area (Å²) < 4.78 is 11.4. The molecule has 0 bridgehead atoms. The van der Waals surface area contributed by atoms with Crippen molar-refractivity contribution < 1.29 is 14.3 Å². The van der Waals surface area contributed by atoms with E-state index in [1.54, 1.807) is 0 Å². The fourth-order valence-corrected chi connectivity index (χ4v) is 4.34. The molecule has 2 aliphatic rings. The number of carbonyl (C=O) groups is 1. The van der Waals surface area contributed by atoms with Crippen molar-refractivity contribution in [3.05, 3.63) is 0 Å². The van der Waals surface area contributed by atoms with Gasteiger partial charge < -0.3 is 25.4 Å². The zero-order valence-corrected chi connectivity index (χ0v) is 20.3. The monoisotopic (exact) mass is 438 g/mol. The fraction of sp³-hybridized carbons (Fsp3) is 0.917. The van der Waals surface area contributed by atoms with E-state index in [9.17, 15) is 4.79 Å². The molecule has 2 saturated carbocycles. The van der Waals surface area contributed by atoms with Crippen LogP contribution in [-0.4, -0.2) is 56.0 Å². The van der Waals surface area contributed by atoms with Crippen LogP contribution in [0.2, 0.25) is 0 Å². The van der Waals surface area contributed by atoms with Crippen LogP contribution in [0.1, 0.15) is 97.8 Å². The number of carbonyl (C=O) groups excluding carboxylic acids is 1. The van der Waals surface area contributed by atoms with Crippen LogP contribution >= 0.6 is 0 Å². The third-order valence-electron chi connectivity index (χ3n) is 6.03. The Kier molecular flexibility index (Phi) is 11.5. The molecule has 180 valence electrons. The van der Waals surface area contributed by atoms with Crippen LogP contribution in [0.3, 0.4) is 0 Å². The summed E-state index contributed by atoms with van der Waals surface area (Å²) in [5, 5.41) is 9.97. The molecule has 0 aromatic heterocycles. The van der Waals surface area contributed by atoms with Crippen LogP contribution in [0.4, 0.5) is 4.79 Å². The predicted octanol–water partition coefficient (Wildman–Crippen LogP) is 4.51. The smallest absolute Gasteiger partial charge is 0.407 e. The first kappa shape index (κ1) is 25.8. The average Bonchev–Trinajstić information content (AvgIpc) is 2.73. The summed E-state index contributed by atoms with van der Waals surface area (Å²) in [5.74, 6) is 0.877. The van der Waals surface area contributed by atoms with E-state index in [2.05, 4.69) is 20.9 Å². The Morgan fingerprint density at radius 2 is 1.55 bits per heavy atom. The van der Waals surface area contributed by atoms with Crippen LogP contribution in [0.25, 0.3) is 0 Å². The lowest BCUT2D eigenvalue weighted by atomic mass is 9.91. The third-order valence-corrected chi connectivity index (χ3v) is 6.03. The van der Waals surface area contributed by atoms with E-state index in [-0.39, 0.29) is 12.1 Å². The number of nitrogens with one attached hydrogen (secondary N) is 3. The van der Waals surface area contributed by atoms with Crippen LogP contribution in [-0.2, 0) is 9.47 Å². The molecule has 0 aromatic rings. The number of aliphatic imine (C=N–C) groups is 1. The van der Waals surface area contributed by atoms with Crippen molar-refractivity contribution in [2.24, 2.45) is 4.99 Å². The topological polar surface area (TPSA) is 84.0 Å². The number of nitrogens with zero attached hydrogens (tertiary/aromatic N) is 1. The number of ether oxygens (including phenoxy) is 2. The summed E-state index contributed by atoms with van der Waals surface area (Å²) >= 11 is 0. The molecule has 3 N–H and O–H groups in total. The molecule has 0 atom stereocenters. The summed E-state index contributed by atoms with van der Waals surface area (Å²) in [7, 11) is 1.82. The summed E-state index contributed by atoms with van der Waals surface area (Å²) in [6, 6.07) is 0.588. The molecule has 0 aliphatic heterocycles. The van der Waals surface area contributed by atoms with Gasteiger partial charge in [0.25, 0.3) is 0 Å². The van der Waals surface area contributed by atoms with Gasteiger partial charge in [-0.25, -0.2) is 4.79 Å². The lowest BCUT2D eigenvalue weighted by molar-refractivity contribution is 0.0263. The van der Waals surface area contributed by atoms with Crippen molar-refractivity contribution >= 4 is 12.1 Å². The summed E-state index contributed by atoms with van der Waals surface area (Å²) in [4.78, 5) is 16.3. The first-order chi connectivity index (χ1) is 14.9. The van der Waals surface area contributed by atoms with E-state index in [1.807, 2.05) is 27.8 Å². The van der Waals surface area contributed by atoms with Crippen molar-refractivity contribution in [3.8, 4) is 0 Å². The van der Waals surface area contributed by atoms with Gasteiger partial charge in [-0.3, -0.25) is 4.99 Å². The van der Waals surface area contributed by atoms with E-state index >= 15 is 0 Å². The molecule has 0 unspecified atom stereocenters. The number of hydrogen-bond acceptors (Lipinski definition) is 4. The van der Waals surface area contributed by atoms with Gasteiger partial charge in [0.1, 0.15) is 5.60 Å². The van der Waals surface area contributed by atoms with Gasteiger partial charge in [0.05, 0.1) is 6.10 Å². The molecule has 0 radical (unpaired) electrons. The van der Waals surface area contributed by atoms with E-state index in [1.165, 1.54) is 38.5 Å². The quantitative estimate of drug-likeness (QED) is 0.280. The van der Waals surface area contributed by atoms with Gasteiger partial charge in [0.2, 0.25) is 0 Å². The van der Waals surface area contributed by atoms with Crippen LogP contribution < -0.4 is 16.0 Å². The lowest BCUT2D eigenvalue weighted by Crippen LogP contribution is -2.48. The Labute approximate surface area is 189 Å². The molecule has 2 rings (SSSR count). The molecular weight excluding hydrogens is 392 g/mol. The minimum atomic E-state index is -0.455. The maximum Gasteiger partial charge on any atom is 0.407 e. The van der Waals surface area contributed by atoms with Crippen LogP contribution in [0.5, 0.6) is 0 Å². The molecule has 0 heterocycles. The maximum absolute atomic E-state index is 11.9. The predicted molar refractivity (Wildman–Crippen MR) is 127 cm³/mol. The number of unbranched alkanes of at least 4 members (excludes halogenated alkanes) is 2. The Bertz CT molecular complexity index is 533. The van der Waals surface area contributed by atoms with Crippen molar-refractivity contribution in [1.29, 1.82) is 0 Å². The third kappa shape index (κ3) is 11.6. The number of alkyl carbamates (subject to hydrolysis) is 1. The highest BCUT2D eigenvalue weighted by molar-refractivity contribution is 5.79. The maximum atomic E-state index is 11.9. The highest BCUT2D eigenvalue weighted by Crippen LogP contribution is 2.21. The van der Waals surface area contributed by atoms with Gasteiger partial charge in [0.15, 0.2) is 5.96 Å². The van der Waals surface area contributed by atoms with Crippen molar-refractivity contribution in [2.75, 3.05) is 20.2 Å². The molecule has 31 heavy (non-hydrogen) atoms. The van der Waals surface area contributed by atoms with E-state index in [4.69, 9.17) is 9.47 Å². The van der Waals surface area contributed by atoms with Crippen molar-refractivity contribution in [3.63, 3.8) is 0 Å². The van der Waals surface area contributed by atoms with E-state index < -0.39 is 5.60 Å². The van der Waals surface area contributed by atoms with Crippen LogP contribution in [0, 0.1) is 0 Å². The number of rotatable bonds is 9. The molecule has 0 aromatic carbocycles. The molecule has 7 heteroatoms. The van der Waals surface area contributed by atoms with Gasteiger partial charge in [-0.2, -0.15) is 0 Å². The molecular formula is C24H46N4O3. The number of amides is 1. The number of hydrogen-bond donors (Lipinski definition) is 3. The first-order valence-electron chi connectivity index (χ1n) is 12.4. The molecule has 0 spiro atoms. The van der Waals surface area contributed by atoms with Gasteiger partial charge in [-0.15, -0.1) is 0 Å². The average molecular weight is 439 g/mol. The van der Waals surface area contributed by atoms with Gasteiger partial charge in [0, 0.05) is 32.3 Å². The summed E-state index contributed by atoms with van der Waals surface area (Å²) in [6.45, 7) is 7.49. The molecule has 0 saturated heterocycles. The Hall–Kier alpha value is -1.50. The second-order valence-electron chi connectivity index (χ2n) is 10.0. The summed E-state index contributed by atoms with van der Waals surface area (Å²) in [6.07, 6.45) is 14.1. The standard InChI is InChI=1S/C24H46N4O3/c1-24(2,3)31-23(29)28-20-15-13-19(14-16-20)27-22(25-4)26-17-9-6-10-18-30-21-11-7-5-8-12-21/h19-21H,5-18H2,1-4H3,(H,28,29)(H2,25,26,27). The normalized spacial score (nSPS) is 23.3. The van der Waals surface area contributed by atoms with E-state index in [0.717, 1.165) is 57.6 Å². The van der Waals surface area contributed by atoms with Crippen molar-refractivity contribution in [1.82, 2.24) is 16.0 Å². The Morgan fingerprint density at radius 3 is 2.16 bits per heavy atom. The molecule has 2 aliphatic carbocycles. The molecule has 1 amide bonds. The Balaban J connectivity index is 1.50. The lowest BCUT2D eigenvalue weighted by Gasteiger charge is -2.31. The molecule has 7 nitrogen and oxygen atoms in total. The second kappa shape index (κ2) is 13.8. The first-order valence-corrected chi connectivity index (χ1v) is 12.4. The van der Waals surface area contributed by atoms with Crippen molar-refractivity contribution in [2.45, 2.75) is 122 Å². The largest absolute Gasteiger partial charge is 0.444 e. The second-order valence-corrected chi connectivity index (χ2v) is 10.0. The minimum Gasteiger partial charge on any atom is -0.444 e. The van der Waals surface area contributed by atoms with Gasteiger partial charge in [-0.05, 0) is 78.6 Å². The van der Waals surface area contributed by atoms with E-state index in [0.29, 0.717) is 12.1 Å². The zero-order valence-electron chi connectivity index (χ0n) is 20.3. The number of guanidine groups is 1. The Morgan fingerprint density at radius 1 is 0.903 bits per heavy atom. The highest BCUT2D eigenvalue weighted by Gasteiger charge is 2.25. The minimum absolute atomic E-state index is 0.193. The molecule has 2 fully saturated rings. The van der Waals surface area contributed by atoms with Gasteiger partial charge >= 0.3 is 6.09 Å². The highest BCUT2D eigenvalue weighted by atomic mass is 16.6. The SMILES string of the molecule is CN=C(NCCCCCOC1CCCCC1)NC1CCC(NC(=O)OC(C)(C)C)CC1. The summed E-state index contributed by atoms with van der Waals surface area (Å²) in [5.41, 5.74) is -0.455. The zero-order chi connectivity index (χ0) is 22.5.